The molecule has 1 aromatic rings. The van der Waals surface area contributed by atoms with E-state index in [0.717, 1.165) is 30.7 Å². The highest BCUT2D eigenvalue weighted by atomic mass is 35.5. The summed E-state index contributed by atoms with van der Waals surface area (Å²) in [4.78, 5) is 0. The summed E-state index contributed by atoms with van der Waals surface area (Å²) in [7, 11) is 0. The molecule has 0 saturated heterocycles. The van der Waals surface area contributed by atoms with Crippen LogP contribution in [0.2, 0.25) is 10.0 Å². The largest absolute Gasteiger partial charge is 0.417 e. The number of hydrazine groups is 1. The molecule has 1 heterocycles. The number of allylic oxidation sites excluding steroid dienone is 2. The van der Waals surface area contributed by atoms with Crippen LogP contribution in [0.3, 0.4) is 0 Å². The molecular weight excluding hydrogens is 336 g/mol. The standard InChI is InChI=1S/C15H13Cl2F3N2/c16-10-1-2-11(13(17)7-10)12-3-4-14(12)22-6-5-9(8-21-22)15(18,19)20/h1-2,5-8,12,14,21H,3-4H2/t12-,14-/m0/s1. The second-order valence-corrected chi connectivity index (χ2v) is 6.21. The Labute approximate surface area is 136 Å². The minimum absolute atomic E-state index is 0.0703. The lowest BCUT2D eigenvalue weighted by Crippen LogP contribution is -2.49. The summed E-state index contributed by atoms with van der Waals surface area (Å²) < 4.78 is 37.8. The van der Waals surface area contributed by atoms with Crippen LogP contribution in [0.25, 0.3) is 0 Å². The molecule has 7 heteroatoms. The molecule has 0 spiro atoms. The zero-order chi connectivity index (χ0) is 15.9. The van der Waals surface area contributed by atoms with Crippen LogP contribution in [0.1, 0.15) is 24.3 Å². The minimum atomic E-state index is -4.34. The van der Waals surface area contributed by atoms with Crippen molar-refractivity contribution < 1.29 is 13.2 Å². The van der Waals surface area contributed by atoms with E-state index in [2.05, 4.69) is 5.43 Å². The Bertz CT molecular complexity index is 640. The Morgan fingerprint density at radius 2 is 1.95 bits per heavy atom. The molecule has 0 bridgehead atoms. The van der Waals surface area contributed by atoms with E-state index < -0.39 is 11.7 Å². The smallest absolute Gasteiger partial charge is 0.305 e. The average molecular weight is 349 g/mol. The molecule has 0 radical (unpaired) electrons. The van der Waals surface area contributed by atoms with E-state index in [1.165, 1.54) is 6.20 Å². The van der Waals surface area contributed by atoms with E-state index >= 15 is 0 Å². The van der Waals surface area contributed by atoms with Crippen molar-refractivity contribution in [3.8, 4) is 0 Å². The summed E-state index contributed by atoms with van der Waals surface area (Å²) in [5.74, 6) is 0.169. The van der Waals surface area contributed by atoms with E-state index in [1.54, 1.807) is 17.1 Å². The molecule has 1 aliphatic heterocycles. The molecular formula is C15H13Cl2F3N2. The third-order valence-corrected chi connectivity index (χ3v) is 4.63. The monoisotopic (exact) mass is 348 g/mol. The van der Waals surface area contributed by atoms with Crippen molar-refractivity contribution in [3.63, 3.8) is 0 Å². The van der Waals surface area contributed by atoms with Crippen molar-refractivity contribution in [2.24, 2.45) is 0 Å². The topological polar surface area (TPSA) is 15.3 Å². The van der Waals surface area contributed by atoms with E-state index in [0.29, 0.717) is 10.0 Å². The van der Waals surface area contributed by atoms with Gasteiger partial charge in [-0.1, -0.05) is 29.3 Å². The van der Waals surface area contributed by atoms with Gasteiger partial charge in [0.25, 0.3) is 0 Å². The molecule has 22 heavy (non-hydrogen) atoms. The highest BCUT2D eigenvalue weighted by Crippen LogP contribution is 2.43. The lowest BCUT2D eigenvalue weighted by Gasteiger charge is -2.45. The van der Waals surface area contributed by atoms with Crippen molar-refractivity contribution in [2.75, 3.05) is 0 Å². The number of alkyl halides is 3. The normalized spacial score (nSPS) is 24.6. The van der Waals surface area contributed by atoms with Crippen molar-refractivity contribution in [1.82, 2.24) is 10.4 Å². The molecule has 118 valence electrons. The highest BCUT2D eigenvalue weighted by molar-refractivity contribution is 6.35. The number of nitrogens with one attached hydrogen (secondary N) is 1. The van der Waals surface area contributed by atoms with Crippen LogP contribution in [0.5, 0.6) is 0 Å². The van der Waals surface area contributed by atoms with Crippen molar-refractivity contribution in [3.05, 3.63) is 57.9 Å². The number of halogens is 5. The van der Waals surface area contributed by atoms with Gasteiger partial charge in [0.05, 0.1) is 11.6 Å². The number of hydrogen-bond acceptors (Lipinski definition) is 2. The SMILES string of the molecule is FC(F)(F)C1=CNN([C@H]2CC[C@H]2c2ccc(Cl)cc2Cl)C=C1. The fourth-order valence-electron chi connectivity index (χ4n) is 2.76. The van der Waals surface area contributed by atoms with Crippen LogP contribution < -0.4 is 5.43 Å². The van der Waals surface area contributed by atoms with Crippen LogP contribution in [0.4, 0.5) is 13.2 Å². The Morgan fingerprint density at radius 3 is 2.45 bits per heavy atom. The summed E-state index contributed by atoms with van der Waals surface area (Å²) in [6.07, 6.45) is 0.982. The number of benzene rings is 1. The molecule has 1 fully saturated rings. The van der Waals surface area contributed by atoms with Gasteiger partial charge < -0.3 is 5.43 Å². The third-order valence-electron chi connectivity index (χ3n) is 4.07. The molecule has 1 N–H and O–H groups in total. The fraction of sp³-hybridized carbons (Fsp3) is 0.333. The Morgan fingerprint density at radius 1 is 1.18 bits per heavy atom. The Kier molecular flexibility index (Phi) is 4.03. The molecule has 1 aromatic carbocycles. The van der Waals surface area contributed by atoms with Gasteiger partial charge in [0, 0.05) is 28.4 Å². The maximum atomic E-state index is 12.6. The van der Waals surface area contributed by atoms with Gasteiger partial charge in [-0.3, -0.25) is 5.01 Å². The molecule has 0 aromatic heterocycles. The minimum Gasteiger partial charge on any atom is -0.305 e. The van der Waals surface area contributed by atoms with Gasteiger partial charge in [-0.2, -0.15) is 13.2 Å². The first-order valence-electron chi connectivity index (χ1n) is 6.81. The van der Waals surface area contributed by atoms with Crippen molar-refractivity contribution >= 4 is 23.2 Å². The molecule has 0 amide bonds. The van der Waals surface area contributed by atoms with Gasteiger partial charge in [-0.05, 0) is 36.6 Å². The Balaban J connectivity index is 1.73. The first-order valence-corrected chi connectivity index (χ1v) is 7.57. The van der Waals surface area contributed by atoms with Crippen molar-refractivity contribution in [1.29, 1.82) is 0 Å². The lowest BCUT2D eigenvalue weighted by molar-refractivity contribution is -0.0898. The van der Waals surface area contributed by atoms with Crippen LogP contribution in [-0.2, 0) is 0 Å². The second kappa shape index (κ2) is 5.70. The van der Waals surface area contributed by atoms with Gasteiger partial charge in [-0.15, -0.1) is 0 Å². The molecule has 0 unspecified atom stereocenters. The summed E-state index contributed by atoms with van der Waals surface area (Å²) in [5, 5.41) is 2.86. The highest BCUT2D eigenvalue weighted by Gasteiger charge is 2.39. The maximum Gasteiger partial charge on any atom is 0.417 e. The van der Waals surface area contributed by atoms with E-state index in [1.807, 2.05) is 6.07 Å². The first kappa shape index (κ1) is 15.6. The predicted molar refractivity (Wildman–Crippen MR) is 80.5 cm³/mol. The van der Waals surface area contributed by atoms with Gasteiger partial charge in [0.15, 0.2) is 0 Å². The van der Waals surface area contributed by atoms with Gasteiger partial charge >= 0.3 is 6.18 Å². The van der Waals surface area contributed by atoms with Gasteiger partial charge in [0.2, 0.25) is 0 Å². The summed E-state index contributed by atoms with van der Waals surface area (Å²) >= 11 is 12.1. The molecule has 2 nitrogen and oxygen atoms in total. The molecule has 1 saturated carbocycles. The summed E-state index contributed by atoms with van der Waals surface area (Å²) in [5.41, 5.74) is 2.99. The predicted octanol–water partition coefficient (Wildman–Crippen LogP) is 5.02. The van der Waals surface area contributed by atoms with Crippen molar-refractivity contribution in [2.45, 2.75) is 31.0 Å². The number of nitrogens with zero attached hydrogens (tertiary/aromatic N) is 1. The Hall–Kier alpha value is -1.33. The third kappa shape index (κ3) is 2.92. The summed E-state index contributed by atoms with van der Waals surface area (Å²) in [6, 6.07) is 5.42. The van der Waals surface area contributed by atoms with Gasteiger partial charge in [-0.25, -0.2) is 0 Å². The van der Waals surface area contributed by atoms with Crippen LogP contribution in [-0.4, -0.2) is 17.2 Å². The number of rotatable bonds is 2. The van der Waals surface area contributed by atoms with Crippen LogP contribution >= 0.6 is 23.2 Å². The zero-order valence-electron chi connectivity index (χ0n) is 11.4. The first-order chi connectivity index (χ1) is 10.4. The lowest BCUT2D eigenvalue weighted by atomic mass is 9.74. The second-order valence-electron chi connectivity index (χ2n) is 5.37. The van der Waals surface area contributed by atoms with Gasteiger partial charge in [0.1, 0.15) is 0 Å². The van der Waals surface area contributed by atoms with E-state index in [9.17, 15) is 13.2 Å². The maximum absolute atomic E-state index is 12.6. The summed E-state index contributed by atoms with van der Waals surface area (Å²) in [6.45, 7) is 0. The van der Waals surface area contributed by atoms with E-state index in [-0.39, 0.29) is 12.0 Å². The molecule has 3 rings (SSSR count). The van der Waals surface area contributed by atoms with Crippen LogP contribution in [0, 0.1) is 0 Å². The fourth-order valence-corrected chi connectivity index (χ4v) is 3.31. The quantitative estimate of drug-likeness (QED) is 0.807. The van der Waals surface area contributed by atoms with E-state index in [4.69, 9.17) is 23.2 Å². The van der Waals surface area contributed by atoms with Crippen LogP contribution in [0.15, 0.2) is 42.2 Å². The molecule has 1 aliphatic carbocycles. The number of hydrogen-bond donors (Lipinski definition) is 1. The average Bonchev–Trinajstić information content (AvgIpc) is 2.40. The molecule has 2 aliphatic rings. The zero-order valence-corrected chi connectivity index (χ0v) is 12.9. The molecule has 2 atom stereocenters.